The van der Waals surface area contributed by atoms with Gasteiger partial charge in [0.25, 0.3) is 0 Å². The minimum Gasteiger partial charge on any atom is -0.378 e. The summed E-state index contributed by atoms with van der Waals surface area (Å²) < 4.78 is 5.24. The molecule has 27 heavy (non-hydrogen) atoms. The predicted molar refractivity (Wildman–Crippen MR) is 111 cm³/mol. The Bertz CT molecular complexity index is 1030. The number of methoxy groups -OCH3 is 1. The monoisotopic (exact) mass is 375 g/mol. The van der Waals surface area contributed by atoms with Crippen LogP contribution in [0.2, 0.25) is 0 Å². The topological polar surface area (TPSA) is 37.7 Å². The molecule has 0 aliphatic carbocycles. The van der Waals surface area contributed by atoms with Gasteiger partial charge < -0.3 is 9.64 Å². The minimum atomic E-state index is 0.514. The van der Waals surface area contributed by atoms with E-state index >= 15 is 0 Å². The second kappa shape index (κ2) is 6.98. The summed E-state index contributed by atoms with van der Waals surface area (Å²) in [5.74, 6) is 1.11. The molecule has 3 heterocycles. The van der Waals surface area contributed by atoms with Gasteiger partial charge in [0, 0.05) is 42.4 Å². The summed E-state index contributed by atoms with van der Waals surface area (Å²) in [5.41, 5.74) is 4.85. The predicted octanol–water partition coefficient (Wildman–Crippen LogP) is 4.54. The molecule has 5 rings (SSSR count). The summed E-state index contributed by atoms with van der Waals surface area (Å²) in [6.45, 7) is 1.47. The zero-order valence-electron chi connectivity index (χ0n) is 15.3. The third-order valence-electron chi connectivity index (χ3n) is 5.31. The Morgan fingerprint density at radius 2 is 2.07 bits per heavy atom. The summed E-state index contributed by atoms with van der Waals surface area (Å²) in [6.07, 6.45) is 3.02. The lowest BCUT2D eigenvalue weighted by atomic mass is 9.95. The molecule has 0 amide bonds. The molecule has 3 aromatic rings. The van der Waals surface area contributed by atoms with Crippen LogP contribution >= 0.6 is 11.8 Å². The highest BCUT2D eigenvalue weighted by atomic mass is 32.2. The van der Waals surface area contributed by atoms with Crippen molar-refractivity contribution in [2.75, 3.05) is 12.9 Å². The van der Waals surface area contributed by atoms with Gasteiger partial charge in [-0.1, -0.05) is 48.2 Å². The molecule has 0 N–H and O–H groups in total. The van der Waals surface area contributed by atoms with Crippen LogP contribution in [0.4, 0.5) is 5.69 Å². The molecule has 1 aromatic heterocycles. The average Bonchev–Trinajstić information content (AvgIpc) is 3.08. The van der Waals surface area contributed by atoms with Gasteiger partial charge >= 0.3 is 0 Å². The first-order valence-corrected chi connectivity index (χ1v) is 10.2. The van der Waals surface area contributed by atoms with E-state index in [1.54, 1.807) is 7.11 Å². The molecule has 0 saturated carbocycles. The summed E-state index contributed by atoms with van der Waals surface area (Å²) in [5, 5.41) is 3.38. The highest BCUT2D eigenvalue weighted by Gasteiger charge is 2.34. The first-order chi connectivity index (χ1) is 13.3. The lowest BCUT2D eigenvalue weighted by Gasteiger charge is -2.32. The third-order valence-corrected chi connectivity index (χ3v) is 6.45. The van der Waals surface area contributed by atoms with E-state index < -0.39 is 0 Å². The number of aliphatic imine (C=N–C) groups is 1. The van der Waals surface area contributed by atoms with Gasteiger partial charge in [-0.25, -0.2) is 4.99 Å². The molecule has 4 nitrogen and oxygen atoms in total. The Labute approximate surface area is 163 Å². The van der Waals surface area contributed by atoms with Gasteiger partial charge in [-0.05, 0) is 29.7 Å². The zero-order valence-corrected chi connectivity index (χ0v) is 16.1. The minimum absolute atomic E-state index is 0.514. The van der Waals surface area contributed by atoms with Crippen molar-refractivity contribution in [3.63, 3.8) is 0 Å². The van der Waals surface area contributed by atoms with Crippen molar-refractivity contribution < 1.29 is 4.74 Å². The fourth-order valence-corrected chi connectivity index (χ4v) is 5.12. The molecule has 0 unspecified atom stereocenters. The lowest BCUT2D eigenvalue weighted by Crippen LogP contribution is -2.38. The fourth-order valence-electron chi connectivity index (χ4n) is 3.93. The van der Waals surface area contributed by atoms with Crippen molar-refractivity contribution >= 4 is 33.4 Å². The van der Waals surface area contributed by atoms with E-state index in [1.165, 1.54) is 11.1 Å². The Kier molecular flexibility index (Phi) is 4.34. The van der Waals surface area contributed by atoms with Crippen LogP contribution in [0, 0.1) is 0 Å². The Balaban J connectivity index is 1.53. The number of thioether (sulfide) groups is 1. The molecule has 0 bridgehead atoms. The van der Waals surface area contributed by atoms with E-state index in [2.05, 4.69) is 58.4 Å². The molecule has 0 radical (unpaired) electrons. The van der Waals surface area contributed by atoms with Crippen LogP contribution in [0.3, 0.4) is 0 Å². The Morgan fingerprint density at radius 3 is 2.96 bits per heavy atom. The zero-order chi connectivity index (χ0) is 18.2. The van der Waals surface area contributed by atoms with Gasteiger partial charge in [0.05, 0.1) is 18.0 Å². The average molecular weight is 375 g/mol. The maximum absolute atomic E-state index is 5.24. The number of rotatable bonds is 3. The summed E-state index contributed by atoms with van der Waals surface area (Å²) in [4.78, 5) is 12.0. The standard InChI is InChI=1S/C22H21N3OS/c1-26-13-18-10-20-16(11-23-18)7-4-8-21(20)24-22-25-12-17-6-3-2-5-15(17)9-19(25)14-27-22/h2-8,10-11,19H,9,12-14H2,1H3/t19-/m0/s1. The fraction of sp³-hybridized carbons (Fsp3) is 0.273. The Morgan fingerprint density at radius 1 is 1.19 bits per heavy atom. The number of aromatic nitrogens is 1. The highest BCUT2D eigenvalue weighted by Crippen LogP contribution is 2.36. The van der Waals surface area contributed by atoms with Crippen LogP contribution in [0.1, 0.15) is 16.8 Å². The third kappa shape index (κ3) is 3.11. The summed E-state index contributed by atoms with van der Waals surface area (Å²) in [7, 11) is 1.70. The van der Waals surface area contributed by atoms with Crippen molar-refractivity contribution in [2.45, 2.75) is 25.6 Å². The van der Waals surface area contributed by atoms with Crippen LogP contribution in [-0.4, -0.2) is 34.0 Å². The van der Waals surface area contributed by atoms with Crippen LogP contribution < -0.4 is 0 Å². The second-order valence-corrected chi connectivity index (χ2v) is 8.05. The number of nitrogens with zero attached hydrogens (tertiary/aromatic N) is 3. The van der Waals surface area contributed by atoms with Crippen molar-refractivity contribution in [1.29, 1.82) is 0 Å². The smallest absolute Gasteiger partial charge is 0.165 e. The van der Waals surface area contributed by atoms with Crippen molar-refractivity contribution in [2.24, 2.45) is 4.99 Å². The van der Waals surface area contributed by atoms with E-state index in [-0.39, 0.29) is 0 Å². The van der Waals surface area contributed by atoms with Crippen molar-refractivity contribution in [3.05, 3.63) is 71.5 Å². The Hall–Kier alpha value is -2.37. The van der Waals surface area contributed by atoms with Crippen LogP contribution in [0.5, 0.6) is 0 Å². The van der Waals surface area contributed by atoms with E-state index in [4.69, 9.17) is 9.73 Å². The summed E-state index contributed by atoms with van der Waals surface area (Å²) in [6, 6.07) is 17.7. The van der Waals surface area contributed by atoms with Crippen molar-refractivity contribution in [1.82, 2.24) is 9.88 Å². The van der Waals surface area contributed by atoms with Gasteiger partial charge in [-0.2, -0.15) is 0 Å². The van der Waals surface area contributed by atoms with E-state index in [0.717, 1.165) is 46.0 Å². The molecule has 0 spiro atoms. The van der Waals surface area contributed by atoms with Crippen molar-refractivity contribution in [3.8, 4) is 0 Å². The molecule has 2 aliphatic heterocycles. The number of fused-ring (bicyclic) bond motifs is 3. The molecule has 136 valence electrons. The number of hydrogen-bond acceptors (Lipinski definition) is 4. The molecular weight excluding hydrogens is 354 g/mol. The van der Waals surface area contributed by atoms with Gasteiger partial charge in [0.2, 0.25) is 0 Å². The molecule has 1 atom stereocenters. The number of hydrogen-bond donors (Lipinski definition) is 0. The quantitative estimate of drug-likeness (QED) is 0.673. The second-order valence-electron chi connectivity index (χ2n) is 7.07. The normalized spacial score (nSPS) is 20.1. The number of amidine groups is 1. The highest BCUT2D eigenvalue weighted by molar-refractivity contribution is 8.14. The number of benzene rings is 2. The molecule has 5 heteroatoms. The SMILES string of the molecule is COCc1cc2c(N=C3SC[C@@H]4Cc5ccccc5CN34)cccc2cn1. The molecule has 1 saturated heterocycles. The van der Waals surface area contributed by atoms with Gasteiger partial charge in [0.15, 0.2) is 5.17 Å². The molecule has 1 fully saturated rings. The first kappa shape index (κ1) is 16.8. The van der Waals surface area contributed by atoms with Crippen LogP contribution in [0.15, 0.2) is 59.7 Å². The van der Waals surface area contributed by atoms with Gasteiger partial charge in [-0.15, -0.1) is 0 Å². The molecule has 2 aromatic carbocycles. The van der Waals surface area contributed by atoms with E-state index in [0.29, 0.717) is 12.6 Å². The van der Waals surface area contributed by atoms with Gasteiger partial charge in [0.1, 0.15) is 0 Å². The van der Waals surface area contributed by atoms with E-state index in [9.17, 15) is 0 Å². The maximum Gasteiger partial charge on any atom is 0.165 e. The number of ether oxygens (including phenoxy) is 1. The van der Waals surface area contributed by atoms with Crippen LogP contribution in [0.25, 0.3) is 10.8 Å². The summed E-state index contributed by atoms with van der Waals surface area (Å²) >= 11 is 1.87. The first-order valence-electron chi connectivity index (χ1n) is 9.23. The number of pyridine rings is 1. The van der Waals surface area contributed by atoms with Crippen LogP contribution in [-0.2, 0) is 24.3 Å². The molecular formula is C22H21N3OS. The van der Waals surface area contributed by atoms with Gasteiger partial charge in [-0.3, -0.25) is 4.98 Å². The largest absolute Gasteiger partial charge is 0.378 e. The maximum atomic E-state index is 5.24. The van der Waals surface area contributed by atoms with E-state index in [1.807, 2.05) is 18.0 Å². The molecule has 2 aliphatic rings. The lowest BCUT2D eigenvalue weighted by molar-refractivity contribution is 0.181.